The maximum atomic E-state index is 13.9. The van der Waals surface area contributed by atoms with Crippen molar-refractivity contribution in [2.45, 2.75) is 24.9 Å². The molecule has 2 amide bonds. The van der Waals surface area contributed by atoms with Gasteiger partial charge in [0.05, 0.1) is 22.7 Å². The molecule has 0 radical (unpaired) electrons. The fourth-order valence-corrected chi connectivity index (χ4v) is 4.20. The highest BCUT2D eigenvalue weighted by atomic mass is 19.4. The number of carbonyl (C=O) groups excluding carboxylic acids is 2. The Kier molecular flexibility index (Phi) is 6.57. The molecule has 0 spiro atoms. The number of alkyl halides is 3. The Morgan fingerprint density at radius 3 is 2.58 bits per heavy atom. The summed E-state index contributed by atoms with van der Waals surface area (Å²) in [6.07, 6.45) is -4.00. The Hall–Kier alpha value is -4.15. The second-order valence-corrected chi connectivity index (χ2v) is 8.41. The number of hydrogen-bond donors (Lipinski definition) is 3. The zero-order valence-corrected chi connectivity index (χ0v) is 18.9. The molecule has 0 aliphatic carbocycles. The number of hydrogen-bond acceptors (Lipinski definition) is 4. The summed E-state index contributed by atoms with van der Waals surface area (Å²) < 4.78 is 54.2. The van der Waals surface area contributed by atoms with Crippen molar-refractivity contribution >= 4 is 17.5 Å². The molecule has 2 aromatic carbocycles. The van der Waals surface area contributed by atoms with E-state index in [4.69, 9.17) is 0 Å². The number of anilines is 1. The van der Waals surface area contributed by atoms with Crippen LogP contribution in [0.3, 0.4) is 0 Å². The van der Waals surface area contributed by atoms with E-state index in [1.54, 1.807) is 12.1 Å². The molecular weight excluding hydrogens is 482 g/mol. The van der Waals surface area contributed by atoms with E-state index >= 15 is 0 Å². The molecule has 1 atom stereocenters. The van der Waals surface area contributed by atoms with Crippen LogP contribution in [0, 0.1) is 5.82 Å². The third-order valence-electron chi connectivity index (χ3n) is 6.04. The van der Waals surface area contributed by atoms with E-state index < -0.39 is 40.3 Å². The van der Waals surface area contributed by atoms with Crippen LogP contribution in [0.25, 0.3) is 11.3 Å². The van der Waals surface area contributed by atoms with Crippen LogP contribution in [0.2, 0.25) is 0 Å². The van der Waals surface area contributed by atoms with Gasteiger partial charge in [-0.25, -0.2) is 4.39 Å². The van der Waals surface area contributed by atoms with Gasteiger partial charge >= 0.3 is 6.18 Å². The summed E-state index contributed by atoms with van der Waals surface area (Å²) in [4.78, 5) is 37.4. The molecule has 1 aliphatic heterocycles. The second-order valence-electron chi connectivity index (χ2n) is 8.41. The van der Waals surface area contributed by atoms with E-state index in [1.165, 1.54) is 7.05 Å². The second kappa shape index (κ2) is 9.48. The maximum absolute atomic E-state index is 13.9. The summed E-state index contributed by atoms with van der Waals surface area (Å²) in [5, 5.41) is 15.6. The van der Waals surface area contributed by atoms with E-state index in [0.717, 1.165) is 28.0 Å². The lowest BCUT2D eigenvalue weighted by atomic mass is 9.96. The van der Waals surface area contributed by atoms with Crippen molar-refractivity contribution in [2.24, 2.45) is 7.05 Å². The minimum absolute atomic E-state index is 0.104. The fraction of sp³-hybridized carbons (Fsp3) is 0.240. The number of para-hydroxylation sites is 1. The molecule has 3 N–H and O–H groups in total. The SMILES string of the molecule is Cn1c(-c2cc(F)cc(C(F)(F)F)c2)cc(C(=O)NCCCC2C(=O)Nc3ccccc32)c(O)c1=O. The van der Waals surface area contributed by atoms with E-state index in [-0.39, 0.29) is 29.6 Å². The lowest BCUT2D eigenvalue weighted by Crippen LogP contribution is -2.28. The molecule has 2 heterocycles. The summed E-state index contributed by atoms with van der Waals surface area (Å²) in [7, 11) is 1.18. The largest absolute Gasteiger partial charge is 0.502 e. The fourth-order valence-electron chi connectivity index (χ4n) is 4.20. The third-order valence-corrected chi connectivity index (χ3v) is 6.04. The first-order chi connectivity index (χ1) is 17.0. The van der Waals surface area contributed by atoms with Gasteiger partial charge in [0.1, 0.15) is 5.82 Å². The quantitative estimate of drug-likeness (QED) is 0.347. The van der Waals surface area contributed by atoms with Crippen molar-refractivity contribution in [3.05, 3.63) is 81.4 Å². The van der Waals surface area contributed by atoms with Crippen LogP contribution >= 0.6 is 0 Å². The Labute approximate surface area is 202 Å². The number of nitrogens with one attached hydrogen (secondary N) is 2. The van der Waals surface area contributed by atoms with Crippen LogP contribution < -0.4 is 16.2 Å². The summed E-state index contributed by atoms with van der Waals surface area (Å²) in [5.41, 5.74) is -1.64. The number of aromatic nitrogens is 1. The van der Waals surface area contributed by atoms with Crippen LogP contribution in [0.15, 0.2) is 53.3 Å². The summed E-state index contributed by atoms with van der Waals surface area (Å²) in [5.74, 6) is -3.43. The van der Waals surface area contributed by atoms with E-state index in [0.29, 0.717) is 25.0 Å². The van der Waals surface area contributed by atoms with Crippen molar-refractivity contribution in [1.29, 1.82) is 0 Å². The van der Waals surface area contributed by atoms with Gasteiger partial charge in [-0.3, -0.25) is 14.4 Å². The maximum Gasteiger partial charge on any atom is 0.416 e. The first-order valence-corrected chi connectivity index (χ1v) is 11.0. The van der Waals surface area contributed by atoms with Crippen LogP contribution in [0.5, 0.6) is 5.75 Å². The summed E-state index contributed by atoms with van der Waals surface area (Å²) in [6, 6.07) is 10.1. The number of benzene rings is 2. The van der Waals surface area contributed by atoms with Gasteiger partial charge in [-0.15, -0.1) is 0 Å². The molecule has 1 aliphatic rings. The average Bonchev–Trinajstić information content (AvgIpc) is 3.14. The molecule has 7 nitrogen and oxygen atoms in total. The van der Waals surface area contributed by atoms with Crippen molar-refractivity contribution in [3.63, 3.8) is 0 Å². The molecule has 0 saturated heterocycles. The molecule has 0 saturated carbocycles. The number of rotatable bonds is 6. The van der Waals surface area contributed by atoms with Crippen molar-refractivity contribution in [3.8, 4) is 17.0 Å². The van der Waals surface area contributed by atoms with Gasteiger partial charge in [0.25, 0.3) is 11.5 Å². The highest BCUT2D eigenvalue weighted by Crippen LogP contribution is 2.35. The Morgan fingerprint density at radius 1 is 1.14 bits per heavy atom. The van der Waals surface area contributed by atoms with Crippen LogP contribution in [0.1, 0.15) is 40.2 Å². The number of fused-ring (bicyclic) bond motifs is 1. The molecular formula is C25H21F4N3O4. The number of aromatic hydroxyl groups is 1. The minimum Gasteiger partial charge on any atom is -0.502 e. The standard InChI is InChI=1S/C25H21F4N3O4/c1-32-20(13-9-14(25(27,28)29)11-15(26)10-13)12-18(21(33)24(32)36)22(34)30-8-4-6-17-16-5-2-3-7-19(16)31-23(17)35/h2-3,5,7,9-12,17,33H,4,6,8H2,1H3,(H,30,34)(H,31,35). The number of nitrogens with zero attached hydrogens (tertiary/aromatic N) is 1. The summed E-state index contributed by atoms with van der Waals surface area (Å²) in [6.45, 7) is 0.104. The highest BCUT2D eigenvalue weighted by Gasteiger charge is 2.32. The Morgan fingerprint density at radius 2 is 1.86 bits per heavy atom. The Bertz CT molecular complexity index is 1420. The normalized spacial score (nSPS) is 14.9. The topological polar surface area (TPSA) is 100 Å². The Balaban J connectivity index is 1.52. The lowest BCUT2D eigenvalue weighted by molar-refractivity contribution is -0.137. The van der Waals surface area contributed by atoms with Gasteiger partial charge in [-0.2, -0.15) is 13.2 Å². The first-order valence-electron chi connectivity index (χ1n) is 11.0. The number of amides is 2. The van der Waals surface area contributed by atoms with Gasteiger partial charge in [-0.05, 0) is 48.7 Å². The molecule has 0 bridgehead atoms. The van der Waals surface area contributed by atoms with Gasteiger partial charge < -0.3 is 20.3 Å². The van der Waals surface area contributed by atoms with Crippen molar-refractivity contribution in [1.82, 2.24) is 9.88 Å². The number of carbonyl (C=O) groups is 2. The van der Waals surface area contributed by atoms with Crippen LogP contribution in [-0.4, -0.2) is 28.0 Å². The molecule has 188 valence electrons. The van der Waals surface area contributed by atoms with E-state index in [1.807, 2.05) is 12.1 Å². The predicted octanol–water partition coefficient (Wildman–Crippen LogP) is 4.16. The average molecular weight is 503 g/mol. The van der Waals surface area contributed by atoms with Crippen molar-refractivity contribution < 1.29 is 32.3 Å². The van der Waals surface area contributed by atoms with E-state index in [2.05, 4.69) is 10.6 Å². The monoisotopic (exact) mass is 503 g/mol. The zero-order valence-electron chi connectivity index (χ0n) is 18.9. The lowest BCUT2D eigenvalue weighted by Gasteiger charge is -2.15. The van der Waals surface area contributed by atoms with Gasteiger partial charge in [0.2, 0.25) is 5.91 Å². The molecule has 36 heavy (non-hydrogen) atoms. The molecule has 1 unspecified atom stereocenters. The number of pyridine rings is 1. The minimum atomic E-state index is -4.83. The third kappa shape index (κ3) is 4.81. The molecule has 0 fully saturated rings. The van der Waals surface area contributed by atoms with Gasteiger partial charge in [0, 0.05) is 24.8 Å². The van der Waals surface area contributed by atoms with E-state index in [9.17, 15) is 37.1 Å². The smallest absolute Gasteiger partial charge is 0.416 e. The first kappa shape index (κ1) is 25.0. The van der Waals surface area contributed by atoms with Gasteiger partial charge in [0.15, 0.2) is 5.75 Å². The molecule has 1 aromatic heterocycles. The van der Waals surface area contributed by atoms with Crippen LogP contribution in [-0.2, 0) is 18.0 Å². The molecule has 3 aromatic rings. The summed E-state index contributed by atoms with van der Waals surface area (Å²) >= 11 is 0. The number of halogens is 4. The van der Waals surface area contributed by atoms with Crippen LogP contribution in [0.4, 0.5) is 23.2 Å². The van der Waals surface area contributed by atoms with Gasteiger partial charge in [-0.1, -0.05) is 18.2 Å². The molecule has 4 rings (SSSR count). The highest BCUT2D eigenvalue weighted by molar-refractivity contribution is 6.02. The zero-order chi connectivity index (χ0) is 26.2. The van der Waals surface area contributed by atoms with Crippen molar-refractivity contribution in [2.75, 3.05) is 11.9 Å². The molecule has 11 heteroatoms. The predicted molar refractivity (Wildman–Crippen MR) is 123 cm³/mol.